The van der Waals surface area contributed by atoms with Gasteiger partial charge in [-0.25, -0.2) is 0 Å². The molecule has 0 unspecified atom stereocenters. The molecule has 0 aromatic heterocycles. The second kappa shape index (κ2) is 6.29. The molecule has 0 N–H and O–H groups in total. The molecule has 16 heavy (non-hydrogen) atoms. The minimum atomic E-state index is -0.540. The molecule has 4 nitrogen and oxygen atoms in total. The molecule has 0 aliphatic carbocycles. The number of benzene rings is 1. The predicted molar refractivity (Wildman–Crippen MR) is 58.9 cm³/mol. The van der Waals surface area contributed by atoms with Crippen molar-refractivity contribution in [2.75, 3.05) is 6.54 Å². The van der Waals surface area contributed by atoms with Crippen LogP contribution in [0.15, 0.2) is 36.4 Å². The van der Waals surface area contributed by atoms with Crippen molar-refractivity contribution in [3.8, 4) is 0 Å². The lowest BCUT2D eigenvalue weighted by Crippen LogP contribution is -2.29. The van der Waals surface area contributed by atoms with Gasteiger partial charge >= 0.3 is 0 Å². The van der Waals surface area contributed by atoms with Crippen molar-refractivity contribution in [3.05, 3.63) is 42.0 Å². The van der Waals surface area contributed by atoms with E-state index in [0.717, 1.165) is 10.5 Å². The van der Waals surface area contributed by atoms with E-state index in [1.807, 2.05) is 30.3 Å². The SMILES string of the molecule is O=[C]CN(C=O)C(=O)C=Cc1ccccc1. The number of hydrogen-bond donors (Lipinski definition) is 0. The smallest absolute Gasteiger partial charge is 0.253 e. The molecule has 0 heterocycles. The molecule has 0 atom stereocenters. The maximum atomic E-state index is 11.4. The average molecular weight is 216 g/mol. The molecule has 1 aromatic rings. The summed E-state index contributed by atoms with van der Waals surface area (Å²) >= 11 is 0. The number of carbonyl (C=O) groups excluding carboxylic acids is 3. The van der Waals surface area contributed by atoms with Gasteiger partial charge in [0.1, 0.15) is 0 Å². The summed E-state index contributed by atoms with van der Waals surface area (Å²) in [6.45, 7) is -0.346. The van der Waals surface area contributed by atoms with E-state index in [1.54, 1.807) is 6.08 Å². The fourth-order valence-corrected chi connectivity index (χ4v) is 1.06. The Balaban J connectivity index is 2.66. The molecule has 1 radical (unpaired) electrons. The summed E-state index contributed by atoms with van der Waals surface area (Å²) in [6, 6.07) is 9.17. The lowest BCUT2D eigenvalue weighted by Gasteiger charge is -2.07. The largest absolute Gasteiger partial charge is 0.289 e. The highest BCUT2D eigenvalue weighted by molar-refractivity contribution is 5.98. The molecule has 0 spiro atoms. The third-order valence-electron chi connectivity index (χ3n) is 1.86. The number of nitrogens with zero attached hydrogens (tertiary/aromatic N) is 1. The normalized spacial score (nSPS) is 10.0. The van der Waals surface area contributed by atoms with Crippen LogP contribution >= 0.6 is 0 Å². The minimum Gasteiger partial charge on any atom is -0.289 e. The van der Waals surface area contributed by atoms with Crippen LogP contribution < -0.4 is 0 Å². The van der Waals surface area contributed by atoms with Gasteiger partial charge < -0.3 is 0 Å². The third kappa shape index (κ3) is 3.49. The third-order valence-corrected chi connectivity index (χ3v) is 1.86. The summed E-state index contributed by atoms with van der Waals surface area (Å²) in [5, 5.41) is 0. The number of rotatable bonds is 5. The van der Waals surface area contributed by atoms with E-state index in [1.165, 1.54) is 12.4 Å². The zero-order valence-corrected chi connectivity index (χ0v) is 8.50. The molecule has 81 valence electrons. The Morgan fingerprint density at radius 3 is 2.56 bits per heavy atom. The Labute approximate surface area is 93.2 Å². The van der Waals surface area contributed by atoms with Gasteiger partial charge in [-0.05, 0) is 11.6 Å². The van der Waals surface area contributed by atoms with Crippen LogP contribution in [0.3, 0.4) is 0 Å². The van der Waals surface area contributed by atoms with Crippen LogP contribution in [0.4, 0.5) is 0 Å². The highest BCUT2D eigenvalue weighted by Gasteiger charge is 2.07. The lowest BCUT2D eigenvalue weighted by molar-refractivity contribution is -0.133. The van der Waals surface area contributed by atoms with E-state index in [2.05, 4.69) is 0 Å². The van der Waals surface area contributed by atoms with Gasteiger partial charge in [-0.15, -0.1) is 0 Å². The van der Waals surface area contributed by atoms with Gasteiger partial charge in [0.05, 0.1) is 6.54 Å². The van der Waals surface area contributed by atoms with E-state index < -0.39 is 5.91 Å². The molecule has 0 saturated carbocycles. The zero-order chi connectivity index (χ0) is 11.8. The minimum absolute atomic E-state index is 0.308. The summed E-state index contributed by atoms with van der Waals surface area (Å²) in [7, 11) is 0. The van der Waals surface area contributed by atoms with Crippen LogP contribution in [0.2, 0.25) is 0 Å². The topological polar surface area (TPSA) is 54.5 Å². The van der Waals surface area contributed by atoms with Crippen molar-refractivity contribution in [1.82, 2.24) is 4.90 Å². The molecule has 2 amide bonds. The van der Waals surface area contributed by atoms with Crippen LogP contribution in [-0.4, -0.2) is 30.0 Å². The van der Waals surface area contributed by atoms with Crippen molar-refractivity contribution in [2.24, 2.45) is 0 Å². The summed E-state index contributed by atoms with van der Waals surface area (Å²) < 4.78 is 0. The lowest BCUT2D eigenvalue weighted by atomic mass is 10.2. The first-order chi connectivity index (χ1) is 7.77. The van der Waals surface area contributed by atoms with Crippen molar-refractivity contribution in [3.63, 3.8) is 0 Å². The van der Waals surface area contributed by atoms with Gasteiger partial charge in [-0.1, -0.05) is 30.3 Å². The summed E-state index contributed by atoms with van der Waals surface area (Å²) in [4.78, 5) is 32.6. The van der Waals surface area contributed by atoms with Gasteiger partial charge in [0.2, 0.25) is 12.7 Å². The Morgan fingerprint density at radius 2 is 2.00 bits per heavy atom. The predicted octanol–water partition coefficient (Wildman–Crippen LogP) is 0.794. The van der Waals surface area contributed by atoms with E-state index in [0.29, 0.717) is 6.41 Å². The monoisotopic (exact) mass is 216 g/mol. The Hall–Kier alpha value is -2.23. The Bertz CT molecular complexity index is 398. The molecule has 0 aliphatic heterocycles. The van der Waals surface area contributed by atoms with E-state index in [9.17, 15) is 14.4 Å². The van der Waals surface area contributed by atoms with Gasteiger partial charge in [0.15, 0.2) is 0 Å². The van der Waals surface area contributed by atoms with Crippen molar-refractivity contribution in [1.29, 1.82) is 0 Å². The average Bonchev–Trinajstić information content (AvgIpc) is 2.34. The molecular formula is C12H10NO3. The Kier molecular flexibility index (Phi) is 4.66. The fourth-order valence-electron chi connectivity index (χ4n) is 1.06. The second-order valence-corrected chi connectivity index (χ2v) is 2.96. The molecule has 0 bridgehead atoms. The standard InChI is InChI=1S/C12H10NO3/c14-9-8-13(10-15)12(16)7-6-11-4-2-1-3-5-11/h1-7,10H,8H2. The van der Waals surface area contributed by atoms with Crippen LogP contribution in [0.25, 0.3) is 6.08 Å². The molecular weight excluding hydrogens is 206 g/mol. The van der Waals surface area contributed by atoms with Gasteiger partial charge in [-0.2, -0.15) is 0 Å². The molecule has 0 aliphatic rings. The van der Waals surface area contributed by atoms with Crippen molar-refractivity contribution < 1.29 is 14.4 Å². The van der Waals surface area contributed by atoms with Crippen molar-refractivity contribution in [2.45, 2.75) is 0 Å². The number of carbonyl (C=O) groups is 2. The van der Waals surface area contributed by atoms with Gasteiger partial charge in [-0.3, -0.25) is 19.3 Å². The van der Waals surface area contributed by atoms with Crippen LogP contribution in [0.5, 0.6) is 0 Å². The summed E-state index contributed by atoms with van der Waals surface area (Å²) in [5.41, 5.74) is 0.844. The van der Waals surface area contributed by atoms with Gasteiger partial charge in [0.25, 0.3) is 5.91 Å². The number of amides is 2. The first-order valence-corrected chi connectivity index (χ1v) is 4.62. The molecule has 0 saturated heterocycles. The van der Waals surface area contributed by atoms with Crippen LogP contribution in [-0.2, 0) is 14.4 Å². The van der Waals surface area contributed by atoms with E-state index in [4.69, 9.17) is 0 Å². The summed E-state index contributed by atoms with van der Waals surface area (Å²) in [5.74, 6) is -0.540. The Morgan fingerprint density at radius 1 is 1.31 bits per heavy atom. The maximum absolute atomic E-state index is 11.4. The van der Waals surface area contributed by atoms with Crippen LogP contribution in [0.1, 0.15) is 5.56 Å². The second-order valence-electron chi connectivity index (χ2n) is 2.96. The molecule has 1 rings (SSSR count). The highest BCUT2D eigenvalue weighted by atomic mass is 16.2. The maximum Gasteiger partial charge on any atom is 0.253 e. The van der Waals surface area contributed by atoms with Crippen molar-refractivity contribution >= 4 is 24.7 Å². The molecule has 4 heteroatoms. The highest BCUT2D eigenvalue weighted by Crippen LogP contribution is 2.01. The summed E-state index contributed by atoms with van der Waals surface area (Å²) in [6.07, 6.45) is 4.61. The fraction of sp³-hybridized carbons (Fsp3) is 0.0833. The quantitative estimate of drug-likeness (QED) is 0.540. The van der Waals surface area contributed by atoms with E-state index in [-0.39, 0.29) is 6.54 Å². The van der Waals surface area contributed by atoms with Gasteiger partial charge in [0, 0.05) is 6.08 Å². The number of imide groups is 1. The zero-order valence-electron chi connectivity index (χ0n) is 8.50. The van der Waals surface area contributed by atoms with E-state index >= 15 is 0 Å². The first kappa shape index (κ1) is 11.8. The molecule has 0 fully saturated rings. The molecule has 1 aromatic carbocycles. The van der Waals surface area contributed by atoms with Crippen LogP contribution in [0, 0.1) is 0 Å². The first-order valence-electron chi connectivity index (χ1n) is 4.62. The number of hydrogen-bond acceptors (Lipinski definition) is 3.